The van der Waals surface area contributed by atoms with Crippen LogP contribution in [0.25, 0.3) is 0 Å². The highest BCUT2D eigenvalue weighted by Crippen LogP contribution is 2.18. The topological polar surface area (TPSA) is 25.4 Å². The molecule has 0 radical (unpaired) electrons. The second kappa shape index (κ2) is 7.50. The lowest BCUT2D eigenvalue weighted by Crippen LogP contribution is -2.27. The fraction of sp³-hybridized carbons (Fsp3) is 0.500. The Labute approximate surface area is 114 Å². The average molecular weight is 270 g/mol. The summed E-state index contributed by atoms with van der Waals surface area (Å²) in [7, 11) is 0. The van der Waals surface area contributed by atoms with E-state index < -0.39 is 0 Å². The quantitative estimate of drug-likeness (QED) is 0.633. The van der Waals surface area contributed by atoms with E-state index in [2.05, 4.69) is 31.5 Å². The van der Waals surface area contributed by atoms with Crippen molar-refractivity contribution in [2.75, 3.05) is 18.1 Å². The first-order valence-electron chi connectivity index (χ1n) is 5.79. The minimum absolute atomic E-state index is 0.534. The van der Waals surface area contributed by atoms with Crippen LogP contribution in [0, 0.1) is 0 Å². The van der Waals surface area contributed by atoms with E-state index in [9.17, 15) is 0 Å². The van der Waals surface area contributed by atoms with Gasteiger partial charge in [-0.3, -0.25) is 0 Å². The van der Waals surface area contributed by atoms with Crippen molar-refractivity contribution in [1.29, 1.82) is 0 Å². The molecular weight excluding hydrogens is 252 g/mol. The number of thiocarbonyl (C=S) groups is 1. The summed E-state index contributed by atoms with van der Waals surface area (Å²) in [5, 5.41) is 0. The smallest absolute Gasteiger partial charge is 0.215 e. The summed E-state index contributed by atoms with van der Waals surface area (Å²) >= 11 is 9.32. The van der Waals surface area contributed by atoms with Crippen LogP contribution in [0.2, 0.25) is 0 Å². The van der Waals surface area contributed by atoms with Gasteiger partial charge in [0.15, 0.2) is 0 Å². The van der Waals surface area contributed by atoms with Crippen molar-refractivity contribution >= 4 is 35.0 Å². The van der Waals surface area contributed by atoms with Gasteiger partial charge in [0.05, 0.1) is 6.61 Å². The van der Waals surface area contributed by atoms with Crippen LogP contribution in [-0.2, 0) is 0 Å². The van der Waals surface area contributed by atoms with E-state index >= 15 is 0 Å². The van der Waals surface area contributed by atoms with Crippen LogP contribution in [0.1, 0.15) is 26.7 Å². The Bertz CT molecular complexity index is 371. The molecular formula is C12H18N2OS2. The maximum atomic E-state index is 5.50. The molecule has 0 amide bonds. The van der Waals surface area contributed by atoms with Crippen molar-refractivity contribution in [3.8, 4) is 5.88 Å². The van der Waals surface area contributed by atoms with E-state index in [0.717, 1.165) is 25.2 Å². The fourth-order valence-electron chi connectivity index (χ4n) is 1.37. The summed E-state index contributed by atoms with van der Waals surface area (Å²) in [4.78, 5) is 6.32. The summed E-state index contributed by atoms with van der Waals surface area (Å²) in [6, 6.07) is 5.68. The van der Waals surface area contributed by atoms with Crippen LogP contribution < -0.4 is 9.64 Å². The lowest BCUT2D eigenvalue weighted by Gasteiger charge is -2.21. The van der Waals surface area contributed by atoms with Crippen LogP contribution in [0.3, 0.4) is 0 Å². The van der Waals surface area contributed by atoms with E-state index in [-0.39, 0.29) is 0 Å². The minimum Gasteiger partial charge on any atom is -0.478 e. The van der Waals surface area contributed by atoms with E-state index in [0.29, 0.717) is 16.8 Å². The molecule has 1 aromatic rings. The van der Waals surface area contributed by atoms with Gasteiger partial charge in [-0.1, -0.05) is 32.1 Å². The predicted octanol–water partition coefficient (Wildman–Crippen LogP) is 3.30. The third kappa shape index (κ3) is 4.52. The second-order valence-electron chi connectivity index (χ2n) is 3.62. The minimum atomic E-state index is 0.534. The van der Waals surface area contributed by atoms with Crippen LogP contribution in [0.15, 0.2) is 18.2 Å². The molecule has 0 saturated carbocycles. The SMILES string of the molecule is CCCOc1cccc(N(CCC)C(=S)S)n1. The summed E-state index contributed by atoms with van der Waals surface area (Å²) < 4.78 is 6.03. The van der Waals surface area contributed by atoms with Crippen molar-refractivity contribution in [2.45, 2.75) is 26.7 Å². The van der Waals surface area contributed by atoms with Gasteiger partial charge in [0, 0.05) is 12.6 Å². The van der Waals surface area contributed by atoms with Gasteiger partial charge in [0.25, 0.3) is 0 Å². The van der Waals surface area contributed by atoms with Crippen molar-refractivity contribution in [2.24, 2.45) is 0 Å². The van der Waals surface area contributed by atoms with Crippen LogP contribution in [0.4, 0.5) is 5.82 Å². The molecule has 3 nitrogen and oxygen atoms in total. The van der Waals surface area contributed by atoms with Crippen LogP contribution in [0.5, 0.6) is 5.88 Å². The summed E-state index contributed by atoms with van der Waals surface area (Å²) in [6.45, 7) is 5.65. The number of hydrogen-bond donors (Lipinski definition) is 1. The van der Waals surface area contributed by atoms with Gasteiger partial charge in [0.1, 0.15) is 10.1 Å². The monoisotopic (exact) mass is 270 g/mol. The first kappa shape index (κ1) is 14.3. The molecule has 1 aromatic heterocycles. The Morgan fingerprint density at radius 1 is 1.41 bits per heavy atom. The molecule has 1 heterocycles. The molecule has 0 N–H and O–H groups in total. The maximum Gasteiger partial charge on any atom is 0.215 e. The molecule has 0 aliphatic heterocycles. The standard InChI is InChI=1S/C12H18N2OS2/c1-3-8-14(12(16)17)10-6-5-7-11(13-10)15-9-4-2/h5-7H,3-4,8-9H2,1-2H3,(H,16,17). The number of rotatable bonds is 6. The fourth-order valence-corrected chi connectivity index (χ4v) is 1.76. The van der Waals surface area contributed by atoms with Crippen LogP contribution >= 0.6 is 24.8 Å². The average Bonchev–Trinajstić information content (AvgIpc) is 2.33. The lowest BCUT2D eigenvalue weighted by molar-refractivity contribution is 0.305. The summed E-state index contributed by atoms with van der Waals surface area (Å²) in [5.41, 5.74) is 0. The number of pyridine rings is 1. The van der Waals surface area contributed by atoms with Gasteiger partial charge in [-0.2, -0.15) is 4.98 Å². The molecule has 17 heavy (non-hydrogen) atoms. The van der Waals surface area contributed by atoms with Gasteiger partial charge in [-0.15, -0.1) is 12.6 Å². The molecule has 0 aromatic carbocycles. The molecule has 0 saturated heterocycles. The van der Waals surface area contributed by atoms with E-state index in [1.807, 2.05) is 23.1 Å². The molecule has 0 aliphatic rings. The van der Waals surface area contributed by atoms with Gasteiger partial charge in [-0.05, 0) is 18.9 Å². The molecule has 94 valence electrons. The molecule has 0 unspecified atom stereocenters. The normalized spacial score (nSPS) is 10.1. The Hall–Kier alpha value is -0.810. The zero-order chi connectivity index (χ0) is 12.7. The van der Waals surface area contributed by atoms with Gasteiger partial charge >= 0.3 is 0 Å². The summed E-state index contributed by atoms with van der Waals surface area (Å²) in [5.74, 6) is 1.43. The molecule has 0 aliphatic carbocycles. The summed E-state index contributed by atoms with van der Waals surface area (Å²) in [6.07, 6.45) is 1.96. The van der Waals surface area contributed by atoms with E-state index in [4.69, 9.17) is 17.0 Å². The Morgan fingerprint density at radius 2 is 2.18 bits per heavy atom. The van der Waals surface area contributed by atoms with Gasteiger partial charge in [-0.25, -0.2) is 0 Å². The first-order valence-corrected chi connectivity index (χ1v) is 6.64. The highest BCUT2D eigenvalue weighted by atomic mass is 32.1. The number of aromatic nitrogens is 1. The third-order valence-electron chi connectivity index (χ3n) is 2.12. The Morgan fingerprint density at radius 3 is 2.76 bits per heavy atom. The second-order valence-corrected chi connectivity index (χ2v) is 4.73. The Balaban J connectivity index is 2.83. The van der Waals surface area contributed by atoms with E-state index in [1.54, 1.807) is 0 Å². The largest absolute Gasteiger partial charge is 0.478 e. The van der Waals surface area contributed by atoms with Gasteiger partial charge in [0.2, 0.25) is 5.88 Å². The molecule has 0 atom stereocenters. The molecule has 0 bridgehead atoms. The number of hydrogen-bond acceptors (Lipinski definition) is 3. The number of nitrogens with zero attached hydrogens (tertiary/aromatic N) is 2. The van der Waals surface area contributed by atoms with Crippen molar-refractivity contribution in [3.63, 3.8) is 0 Å². The van der Waals surface area contributed by atoms with Crippen molar-refractivity contribution in [3.05, 3.63) is 18.2 Å². The number of ether oxygens (including phenoxy) is 1. The van der Waals surface area contributed by atoms with Gasteiger partial charge < -0.3 is 9.64 Å². The Kier molecular flexibility index (Phi) is 6.29. The van der Waals surface area contributed by atoms with E-state index in [1.165, 1.54) is 0 Å². The zero-order valence-corrected chi connectivity index (χ0v) is 11.9. The third-order valence-corrected chi connectivity index (χ3v) is 2.58. The first-order chi connectivity index (χ1) is 8.19. The zero-order valence-electron chi connectivity index (χ0n) is 10.2. The highest BCUT2D eigenvalue weighted by molar-refractivity contribution is 8.11. The lowest BCUT2D eigenvalue weighted by atomic mass is 10.4. The predicted molar refractivity (Wildman–Crippen MR) is 79.2 cm³/mol. The maximum absolute atomic E-state index is 5.50. The molecule has 0 fully saturated rings. The highest BCUT2D eigenvalue weighted by Gasteiger charge is 2.10. The number of anilines is 1. The van der Waals surface area contributed by atoms with Crippen LogP contribution in [-0.4, -0.2) is 22.5 Å². The molecule has 5 heteroatoms. The van der Waals surface area contributed by atoms with Crippen molar-refractivity contribution < 1.29 is 4.74 Å². The molecule has 1 rings (SSSR count). The number of thiol groups is 1. The van der Waals surface area contributed by atoms with Crippen molar-refractivity contribution in [1.82, 2.24) is 4.98 Å². The molecule has 0 spiro atoms.